The van der Waals surface area contributed by atoms with Crippen LogP contribution < -0.4 is 10.1 Å². The Kier molecular flexibility index (Phi) is 5.99. The van der Waals surface area contributed by atoms with Crippen LogP contribution in [0.15, 0.2) is 48.5 Å². The number of benzene rings is 2. The van der Waals surface area contributed by atoms with E-state index in [1.54, 1.807) is 6.07 Å². The van der Waals surface area contributed by atoms with Crippen molar-refractivity contribution in [2.75, 3.05) is 18.5 Å². The SMILES string of the molecule is O=C(COC(=O)COc1ccc([N+](=O)[O-])cc1)Nc1ccccc1F. The summed E-state index contributed by atoms with van der Waals surface area (Å²) in [5.74, 6) is -1.89. The smallest absolute Gasteiger partial charge is 0.344 e. The minimum atomic E-state index is -0.818. The number of anilines is 1. The van der Waals surface area contributed by atoms with Gasteiger partial charge in [-0.1, -0.05) is 12.1 Å². The van der Waals surface area contributed by atoms with Gasteiger partial charge >= 0.3 is 5.97 Å². The van der Waals surface area contributed by atoms with Crippen LogP contribution in [0.5, 0.6) is 5.75 Å². The summed E-state index contributed by atoms with van der Waals surface area (Å²) < 4.78 is 23.1. The van der Waals surface area contributed by atoms with Crippen molar-refractivity contribution < 1.29 is 28.4 Å². The van der Waals surface area contributed by atoms with E-state index < -0.39 is 35.8 Å². The quantitative estimate of drug-likeness (QED) is 0.467. The number of ether oxygens (including phenoxy) is 2. The molecule has 0 aliphatic carbocycles. The predicted molar refractivity (Wildman–Crippen MR) is 84.6 cm³/mol. The van der Waals surface area contributed by atoms with Gasteiger partial charge in [-0.25, -0.2) is 9.18 Å². The minimum Gasteiger partial charge on any atom is -0.482 e. The number of rotatable bonds is 7. The minimum absolute atomic E-state index is 0.0225. The number of amides is 1. The first-order valence-corrected chi connectivity index (χ1v) is 7.03. The van der Waals surface area contributed by atoms with Crippen LogP contribution in [0.3, 0.4) is 0 Å². The second-order valence-electron chi connectivity index (χ2n) is 4.73. The van der Waals surface area contributed by atoms with Gasteiger partial charge in [0.1, 0.15) is 11.6 Å². The molecular weight excluding hydrogens is 335 g/mol. The Morgan fingerprint density at radius 3 is 2.40 bits per heavy atom. The molecule has 0 aliphatic heterocycles. The van der Waals surface area contributed by atoms with E-state index >= 15 is 0 Å². The van der Waals surface area contributed by atoms with Crippen LogP contribution in [0.25, 0.3) is 0 Å². The molecule has 130 valence electrons. The monoisotopic (exact) mass is 348 g/mol. The summed E-state index contributed by atoms with van der Waals surface area (Å²) in [5.41, 5.74) is -0.134. The summed E-state index contributed by atoms with van der Waals surface area (Å²) >= 11 is 0. The Morgan fingerprint density at radius 2 is 1.76 bits per heavy atom. The molecule has 9 heteroatoms. The molecule has 1 amide bonds. The van der Waals surface area contributed by atoms with Gasteiger partial charge in [0.05, 0.1) is 10.6 Å². The van der Waals surface area contributed by atoms with Gasteiger partial charge in [0, 0.05) is 12.1 Å². The second kappa shape index (κ2) is 8.39. The molecule has 0 aliphatic rings. The number of nitrogens with one attached hydrogen (secondary N) is 1. The fourth-order valence-corrected chi connectivity index (χ4v) is 1.74. The van der Waals surface area contributed by atoms with Gasteiger partial charge in [-0.15, -0.1) is 0 Å². The van der Waals surface area contributed by atoms with Crippen molar-refractivity contribution in [3.05, 3.63) is 64.5 Å². The fourth-order valence-electron chi connectivity index (χ4n) is 1.74. The zero-order chi connectivity index (χ0) is 18.2. The molecule has 0 saturated carbocycles. The van der Waals surface area contributed by atoms with E-state index in [2.05, 4.69) is 5.32 Å². The van der Waals surface area contributed by atoms with Gasteiger partial charge in [0.25, 0.3) is 11.6 Å². The van der Waals surface area contributed by atoms with Crippen LogP contribution in [0.1, 0.15) is 0 Å². The van der Waals surface area contributed by atoms with Crippen LogP contribution in [0, 0.1) is 15.9 Å². The molecule has 0 spiro atoms. The third-order valence-electron chi connectivity index (χ3n) is 2.92. The van der Waals surface area contributed by atoms with Crippen molar-refractivity contribution in [1.82, 2.24) is 0 Å². The number of non-ortho nitro benzene ring substituents is 1. The maximum atomic E-state index is 13.4. The number of nitro benzene ring substituents is 1. The molecule has 0 fully saturated rings. The first-order valence-electron chi connectivity index (χ1n) is 7.03. The molecule has 2 rings (SSSR count). The normalized spacial score (nSPS) is 9.96. The Labute approximate surface area is 141 Å². The predicted octanol–water partition coefficient (Wildman–Crippen LogP) is 2.29. The number of nitrogens with zero attached hydrogens (tertiary/aromatic N) is 1. The molecule has 0 aromatic heterocycles. The summed E-state index contributed by atoms with van der Waals surface area (Å²) in [6.45, 7) is -1.08. The van der Waals surface area contributed by atoms with Crippen molar-refractivity contribution in [2.45, 2.75) is 0 Å². The van der Waals surface area contributed by atoms with E-state index in [-0.39, 0.29) is 17.1 Å². The molecule has 2 aromatic rings. The average Bonchev–Trinajstić information content (AvgIpc) is 2.60. The van der Waals surface area contributed by atoms with Gasteiger partial charge in [-0.2, -0.15) is 0 Å². The van der Waals surface area contributed by atoms with Gasteiger partial charge < -0.3 is 14.8 Å². The Balaban J connectivity index is 1.74. The van der Waals surface area contributed by atoms with Crippen molar-refractivity contribution in [3.63, 3.8) is 0 Å². The van der Waals surface area contributed by atoms with Gasteiger partial charge in [0.2, 0.25) is 0 Å². The number of carbonyl (C=O) groups is 2. The number of para-hydroxylation sites is 1. The fraction of sp³-hybridized carbons (Fsp3) is 0.125. The molecule has 8 nitrogen and oxygen atoms in total. The molecule has 2 aromatic carbocycles. The molecular formula is C16H13FN2O6. The molecule has 25 heavy (non-hydrogen) atoms. The van der Waals surface area contributed by atoms with E-state index in [1.165, 1.54) is 42.5 Å². The lowest BCUT2D eigenvalue weighted by Crippen LogP contribution is -2.24. The lowest BCUT2D eigenvalue weighted by molar-refractivity contribution is -0.384. The Morgan fingerprint density at radius 1 is 1.08 bits per heavy atom. The van der Waals surface area contributed by atoms with Crippen molar-refractivity contribution in [2.24, 2.45) is 0 Å². The summed E-state index contributed by atoms with van der Waals surface area (Å²) in [6, 6.07) is 10.7. The van der Waals surface area contributed by atoms with E-state index in [0.717, 1.165) is 0 Å². The number of hydrogen-bond acceptors (Lipinski definition) is 6. The maximum absolute atomic E-state index is 13.4. The van der Waals surface area contributed by atoms with Crippen LogP contribution in [-0.2, 0) is 14.3 Å². The number of nitro groups is 1. The summed E-state index contributed by atoms with van der Waals surface area (Å²) in [4.78, 5) is 33.0. The lowest BCUT2D eigenvalue weighted by atomic mass is 10.3. The van der Waals surface area contributed by atoms with Crippen molar-refractivity contribution >= 4 is 23.3 Å². The van der Waals surface area contributed by atoms with Gasteiger partial charge in [0.15, 0.2) is 13.2 Å². The highest BCUT2D eigenvalue weighted by atomic mass is 19.1. The summed E-state index contributed by atoms with van der Waals surface area (Å²) in [5, 5.41) is 12.8. The van der Waals surface area contributed by atoms with Crippen molar-refractivity contribution in [3.8, 4) is 5.75 Å². The standard InChI is InChI=1S/C16H13FN2O6/c17-13-3-1-2-4-14(13)18-15(20)9-25-16(21)10-24-12-7-5-11(6-8-12)19(22)23/h1-8H,9-10H2,(H,18,20). The second-order valence-corrected chi connectivity index (χ2v) is 4.73. The summed E-state index contributed by atoms with van der Waals surface area (Å²) in [7, 11) is 0. The maximum Gasteiger partial charge on any atom is 0.344 e. The zero-order valence-corrected chi connectivity index (χ0v) is 12.8. The first-order chi connectivity index (χ1) is 12.0. The first kappa shape index (κ1) is 17.9. The number of hydrogen-bond donors (Lipinski definition) is 1. The molecule has 0 unspecified atom stereocenters. The summed E-state index contributed by atoms with van der Waals surface area (Å²) in [6.07, 6.45) is 0. The average molecular weight is 348 g/mol. The van der Waals surface area contributed by atoms with Crippen LogP contribution >= 0.6 is 0 Å². The molecule has 0 heterocycles. The number of esters is 1. The van der Waals surface area contributed by atoms with Crippen molar-refractivity contribution in [1.29, 1.82) is 0 Å². The third kappa shape index (κ3) is 5.57. The highest BCUT2D eigenvalue weighted by Gasteiger charge is 2.11. The van der Waals surface area contributed by atoms with Gasteiger partial charge in [-0.05, 0) is 24.3 Å². The zero-order valence-electron chi connectivity index (χ0n) is 12.8. The number of carbonyl (C=O) groups excluding carboxylic acids is 2. The van der Waals surface area contributed by atoms with E-state index in [1.807, 2.05) is 0 Å². The van der Waals surface area contributed by atoms with Crippen LogP contribution in [0.4, 0.5) is 15.8 Å². The van der Waals surface area contributed by atoms with Crippen LogP contribution in [0.2, 0.25) is 0 Å². The largest absolute Gasteiger partial charge is 0.482 e. The van der Waals surface area contributed by atoms with E-state index in [4.69, 9.17) is 9.47 Å². The topological polar surface area (TPSA) is 108 Å². The molecule has 1 N–H and O–H groups in total. The highest BCUT2D eigenvalue weighted by molar-refractivity contribution is 5.92. The third-order valence-corrected chi connectivity index (χ3v) is 2.92. The van der Waals surface area contributed by atoms with Crippen LogP contribution in [-0.4, -0.2) is 30.0 Å². The Hall–Kier alpha value is -3.49. The van der Waals surface area contributed by atoms with E-state index in [9.17, 15) is 24.1 Å². The Bertz CT molecular complexity index is 778. The molecule has 0 atom stereocenters. The van der Waals surface area contributed by atoms with Gasteiger partial charge in [-0.3, -0.25) is 14.9 Å². The number of halogens is 1. The molecule has 0 radical (unpaired) electrons. The lowest BCUT2D eigenvalue weighted by Gasteiger charge is -2.08. The molecule has 0 bridgehead atoms. The molecule has 0 saturated heterocycles. The van der Waals surface area contributed by atoms with E-state index in [0.29, 0.717) is 0 Å². The highest BCUT2D eigenvalue weighted by Crippen LogP contribution is 2.17.